The van der Waals surface area contributed by atoms with Crippen LogP contribution in [0.1, 0.15) is 6.42 Å². The van der Waals surface area contributed by atoms with Gasteiger partial charge in [0.15, 0.2) is 0 Å². The van der Waals surface area contributed by atoms with E-state index in [0.29, 0.717) is 0 Å². The molecule has 6 N–H and O–H groups in total. The minimum atomic E-state index is -1.18. The van der Waals surface area contributed by atoms with Crippen LogP contribution < -0.4 is 11.2 Å². The van der Waals surface area contributed by atoms with Gasteiger partial charge in [0, 0.05) is 6.42 Å². The summed E-state index contributed by atoms with van der Waals surface area (Å²) < 4.78 is 0. The Morgan fingerprint density at radius 3 is 2.67 bits per heavy atom. The van der Waals surface area contributed by atoms with Gasteiger partial charge in [0.05, 0.1) is 0 Å². The average molecular weight is 135 g/mol. The molecule has 0 aromatic heterocycles. The highest BCUT2D eigenvalue weighted by Crippen LogP contribution is 1.83. The summed E-state index contributed by atoms with van der Waals surface area (Å²) in [5.74, 6) is -0.149. The highest BCUT2D eigenvalue weighted by atomic mass is 16.5. The van der Waals surface area contributed by atoms with Crippen molar-refractivity contribution in [3.8, 4) is 0 Å². The lowest BCUT2D eigenvalue weighted by Gasteiger charge is -2.04. The fourth-order valence-electron chi connectivity index (χ4n) is 0.285. The lowest BCUT2D eigenvalue weighted by molar-refractivity contribution is 0.00649. The zero-order valence-electron chi connectivity index (χ0n) is 4.65. The molecule has 0 radical (unpaired) electrons. The van der Waals surface area contributed by atoms with Crippen molar-refractivity contribution in [2.75, 3.05) is 0 Å². The van der Waals surface area contributed by atoms with Crippen molar-refractivity contribution in [1.82, 2.24) is 5.48 Å². The molecule has 0 aromatic rings. The third kappa shape index (κ3) is 3.71. The third-order valence-corrected chi connectivity index (χ3v) is 0.680. The number of nitrogens with zero attached hydrogens (tertiary/aromatic N) is 1. The fourth-order valence-corrected chi connectivity index (χ4v) is 0.285. The Balaban J connectivity index is 3.47. The van der Waals surface area contributed by atoms with Crippen LogP contribution in [0.5, 0.6) is 0 Å². The standard InChI is InChI=1S/C3H9N3O3/c4-2(5-8)1-3(7)6-9/h3,6-9H,1H2,(H2,4,5). The van der Waals surface area contributed by atoms with Gasteiger partial charge >= 0.3 is 0 Å². The van der Waals surface area contributed by atoms with Gasteiger partial charge in [-0.3, -0.25) is 0 Å². The Labute approximate surface area is 51.5 Å². The maximum Gasteiger partial charge on any atom is 0.143 e. The summed E-state index contributed by atoms with van der Waals surface area (Å²) in [6.45, 7) is 0. The molecule has 0 fully saturated rings. The van der Waals surface area contributed by atoms with Crippen molar-refractivity contribution in [2.24, 2.45) is 10.9 Å². The molecular formula is C3H9N3O3. The molecule has 0 aliphatic rings. The Hall–Kier alpha value is -0.850. The Morgan fingerprint density at radius 2 is 2.33 bits per heavy atom. The summed E-state index contributed by atoms with van der Waals surface area (Å²) in [6.07, 6.45) is -1.30. The van der Waals surface area contributed by atoms with E-state index >= 15 is 0 Å². The Bertz CT molecular complexity index is 104. The van der Waals surface area contributed by atoms with E-state index in [1.54, 1.807) is 0 Å². The van der Waals surface area contributed by atoms with Gasteiger partial charge in [-0.2, -0.15) is 5.48 Å². The number of amidine groups is 1. The van der Waals surface area contributed by atoms with Crippen LogP contribution >= 0.6 is 0 Å². The van der Waals surface area contributed by atoms with Crippen molar-refractivity contribution < 1.29 is 15.5 Å². The summed E-state index contributed by atoms with van der Waals surface area (Å²) in [5.41, 5.74) is 6.45. The van der Waals surface area contributed by atoms with Crippen LogP contribution in [0.2, 0.25) is 0 Å². The van der Waals surface area contributed by atoms with Crippen LogP contribution in [0.25, 0.3) is 0 Å². The molecule has 0 aliphatic heterocycles. The van der Waals surface area contributed by atoms with E-state index in [0.717, 1.165) is 0 Å². The van der Waals surface area contributed by atoms with E-state index in [4.69, 9.17) is 21.3 Å². The molecule has 0 amide bonds. The van der Waals surface area contributed by atoms with E-state index in [2.05, 4.69) is 5.16 Å². The predicted molar refractivity (Wildman–Crippen MR) is 29.0 cm³/mol. The quantitative estimate of drug-likeness (QED) is 0.105. The molecule has 9 heavy (non-hydrogen) atoms. The predicted octanol–water partition coefficient (Wildman–Crippen LogP) is -1.58. The van der Waals surface area contributed by atoms with Crippen molar-refractivity contribution in [3.63, 3.8) is 0 Å². The monoisotopic (exact) mass is 135 g/mol. The first-order valence-electron chi connectivity index (χ1n) is 2.24. The normalized spacial score (nSPS) is 15.6. The summed E-state index contributed by atoms with van der Waals surface area (Å²) in [5, 5.41) is 27.0. The number of aliphatic hydroxyl groups is 1. The van der Waals surface area contributed by atoms with Gasteiger partial charge < -0.3 is 21.3 Å². The van der Waals surface area contributed by atoms with Crippen LogP contribution in [-0.4, -0.2) is 27.6 Å². The molecule has 6 heteroatoms. The van der Waals surface area contributed by atoms with Crippen molar-refractivity contribution in [3.05, 3.63) is 0 Å². The van der Waals surface area contributed by atoms with Gasteiger partial charge in [-0.15, -0.1) is 0 Å². The topological polar surface area (TPSA) is 111 Å². The van der Waals surface area contributed by atoms with Gasteiger partial charge in [0.2, 0.25) is 0 Å². The molecule has 0 saturated carbocycles. The van der Waals surface area contributed by atoms with Crippen molar-refractivity contribution >= 4 is 5.84 Å². The fraction of sp³-hybridized carbons (Fsp3) is 0.667. The number of oxime groups is 1. The van der Waals surface area contributed by atoms with Crippen LogP contribution in [0.4, 0.5) is 0 Å². The molecule has 1 unspecified atom stereocenters. The number of hydroxylamine groups is 1. The van der Waals surface area contributed by atoms with Crippen LogP contribution in [0, 0.1) is 0 Å². The molecule has 0 heterocycles. The van der Waals surface area contributed by atoms with E-state index in [9.17, 15) is 0 Å². The minimum absolute atomic E-state index is 0.118. The summed E-state index contributed by atoms with van der Waals surface area (Å²) in [6, 6.07) is 0. The second-order valence-corrected chi connectivity index (χ2v) is 1.44. The lowest BCUT2D eigenvalue weighted by atomic mass is 10.4. The van der Waals surface area contributed by atoms with E-state index in [1.165, 1.54) is 5.48 Å². The number of hydrogen-bond donors (Lipinski definition) is 5. The number of nitrogens with two attached hydrogens (primary N) is 1. The maximum atomic E-state index is 8.53. The van der Waals surface area contributed by atoms with E-state index < -0.39 is 6.23 Å². The first-order valence-corrected chi connectivity index (χ1v) is 2.24. The molecule has 0 bridgehead atoms. The summed E-state index contributed by atoms with van der Waals surface area (Å²) in [4.78, 5) is 0. The van der Waals surface area contributed by atoms with E-state index in [-0.39, 0.29) is 12.3 Å². The Kier molecular flexibility index (Phi) is 3.69. The summed E-state index contributed by atoms with van der Waals surface area (Å²) >= 11 is 0. The zero-order valence-corrected chi connectivity index (χ0v) is 4.65. The second kappa shape index (κ2) is 4.07. The first-order chi connectivity index (χ1) is 4.20. The largest absolute Gasteiger partial charge is 0.409 e. The second-order valence-electron chi connectivity index (χ2n) is 1.44. The average Bonchev–Trinajstić information content (AvgIpc) is 1.87. The number of rotatable bonds is 3. The zero-order chi connectivity index (χ0) is 7.28. The number of aliphatic hydroxyl groups excluding tert-OH is 1. The molecule has 0 spiro atoms. The maximum absolute atomic E-state index is 8.53. The van der Waals surface area contributed by atoms with Gasteiger partial charge in [0.1, 0.15) is 12.1 Å². The van der Waals surface area contributed by atoms with Crippen LogP contribution in [0.3, 0.4) is 0 Å². The van der Waals surface area contributed by atoms with Crippen molar-refractivity contribution in [2.45, 2.75) is 12.6 Å². The SMILES string of the molecule is N/C(CC(O)NO)=N\O. The molecule has 54 valence electrons. The van der Waals surface area contributed by atoms with Crippen LogP contribution in [-0.2, 0) is 0 Å². The number of hydrogen-bond acceptors (Lipinski definition) is 5. The summed E-state index contributed by atoms with van der Waals surface area (Å²) in [7, 11) is 0. The Morgan fingerprint density at radius 1 is 1.78 bits per heavy atom. The molecular weight excluding hydrogens is 126 g/mol. The smallest absolute Gasteiger partial charge is 0.143 e. The van der Waals surface area contributed by atoms with E-state index in [1.807, 2.05) is 0 Å². The third-order valence-electron chi connectivity index (χ3n) is 0.680. The molecule has 6 nitrogen and oxygen atoms in total. The first kappa shape index (κ1) is 8.15. The lowest BCUT2D eigenvalue weighted by Crippen LogP contribution is -2.30. The molecule has 0 rings (SSSR count). The van der Waals surface area contributed by atoms with Gasteiger partial charge in [0.25, 0.3) is 0 Å². The molecule has 0 aliphatic carbocycles. The van der Waals surface area contributed by atoms with Gasteiger partial charge in [-0.05, 0) is 0 Å². The van der Waals surface area contributed by atoms with Crippen LogP contribution in [0.15, 0.2) is 5.16 Å². The minimum Gasteiger partial charge on any atom is -0.409 e. The molecule has 0 saturated heterocycles. The molecule has 1 atom stereocenters. The molecule has 0 aromatic carbocycles. The van der Waals surface area contributed by atoms with Crippen molar-refractivity contribution in [1.29, 1.82) is 0 Å². The number of nitrogens with one attached hydrogen (secondary N) is 1. The van der Waals surface area contributed by atoms with Gasteiger partial charge in [-0.1, -0.05) is 5.16 Å². The van der Waals surface area contributed by atoms with Gasteiger partial charge in [-0.25, -0.2) is 0 Å². The highest BCUT2D eigenvalue weighted by Gasteiger charge is 2.02. The highest BCUT2D eigenvalue weighted by molar-refractivity contribution is 5.79.